The molecule has 1 fully saturated rings. The molecule has 1 aliphatic heterocycles. The zero-order valence-corrected chi connectivity index (χ0v) is 8.13. The van der Waals surface area contributed by atoms with Crippen LogP contribution in [0.25, 0.3) is 0 Å². The molecular formula is C8H12BrNO. The molecule has 62 valence electrons. The number of halogens is 1. The Bertz CT molecular complexity index is 184. The van der Waals surface area contributed by atoms with Crippen LogP contribution in [0.15, 0.2) is 0 Å². The Kier molecular flexibility index (Phi) is 3.38. The van der Waals surface area contributed by atoms with Crippen molar-refractivity contribution in [1.29, 1.82) is 0 Å². The molecule has 0 bridgehead atoms. The van der Waals surface area contributed by atoms with Crippen LogP contribution in [0.4, 0.5) is 0 Å². The van der Waals surface area contributed by atoms with Gasteiger partial charge in [-0.2, -0.15) is 0 Å². The zero-order valence-electron chi connectivity index (χ0n) is 6.55. The molecule has 0 unspecified atom stereocenters. The van der Waals surface area contributed by atoms with Crippen molar-refractivity contribution in [2.24, 2.45) is 5.92 Å². The van der Waals surface area contributed by atoms with E-state index in [-0.39, 0.29) is 6.61 Å². The first kappa shape index (κ1) is 9.05. The first-order valence-electron chi connectivity index (χ1n) is 3.70. The molecule has 1 N–H and O–H groups in total. The van der Waals surface area contributed by atoms with Gasteiger partial charge in [0, 0.05) is 34.4 Å². The van der Waals surface area contributed by atoms with Crippen molar-refractivity contribution in [2.75, 3.05) is 20.2 Å². The second-order valence-electron chi connectivity index (χ2n) is 2.95. The lowest BCUT2D eigenvalue weighted by molar-refractivity contribution is 0.182. The molecule has 1 heterocycles. The van der Waals surface area contributed by atoms with Crippen LogP contribution >= 0.6 is 15.9 Å². The van der Waals surface area contributed by atoms with Gasteiger partial charge >= 0.3 is 0 Å². The molecule has 0 aliphatic carbocycles. The highest BCUT2D eigenvalue weighted by Gasteiger charge is 2.27. The van der Waals surface area contributed by atoms with Gasteiger partial charge in [0.05, 0.1) is 6.61 Å². The topological polar surface area (TPSA) is 23.5 Å². The summed E-state index contributed by atoms with van der Waals surface area (Å²) in [7, 11) is 2.02. The molecule has 0 radical (unpaired) electrons. The number of rotatable bonds is 1. The van der Waals surface area contributed by atoms with Crippen molar-refractivity contribution in [3.63, 3.8) is 0 Å². The molecule has 0 aromatic rings. The van der Waals surface area contributed by atoms with Crippen LogP contribution in [0.5, 0.6) is 0 Å². The molecular weight excluding hydrogens is 206 g/mol. The van der Waals surface area contributed by atoms with E-state index in [9.17, 15) is 0 Å². The minimum atomic E-state index is 0.247. The highest BCUT2D eigenvalue weighted by atomic mass is 79.9. The normalized spacial score (nSPS) is 31.5. The number of likely N-dealkylation sites (N-methyl/N-ethyl adjacent to an activating group) is 1. The quantitative estimate of drug-likeness (QED) is 0.653. The van der Waals surface area contributed by atoms with Gasteiger partial charge < -0.3 is 5.11 Å². The van der Waals surface area contributed by atoms with Gasteiger partial charge in [-0.25, -0.2) is 0 Å². The van der Waals surface area contributed by atoms with Crippen molar-refractivity contribution >= 4 is 15.9 Å². The van der Waals surface area contributed by atoms with E-state index < -0.39 is 0 Å². The molecule has 0 amide bonds. The third-order valence-electron chi connectivity index (χ3n) is 2.16. The van der Waals surface area contributed by atoms with E-state index >= 15 is 0 Å². The predicted molar refractivity (Wildman–Crippen MR) is 48.3 cm³/mol. The fourth-order valence-electron chi connectivity index (χ4n) is 1.48. The van der Waals surface area contributed by atoms with E-state index in [0.29, 0.717) is 12.0 Å². The second-order valence-corrected chi connectivity index (χ2v) is 3.34. The van der Waals surface area contributed by atoms with Crippen molar-refractivity contribution in [3.8, 4) is 10.8 Å². The third kappa shape index (κ3) is 2.19. The molecule has 1 rings (SSSR count). The fourth-order valence-corrected chi connectivity index (χ4v) is 1.80. The highest BCUT2D eigenvalue weighted by molar-refractivity contribution is 9.12. The Morgan fingerprint density at radius 1 is 1.73 bits per heavy atom. The summed E-state index contributed by atoms with van der Waals surface area (Å²) in [6.45, 7) is 1.22. The maximum atomic E-state index is 8.92. The standard InChI is InChI=1S/C8H12BrNO/c1-10-5-7(2-3-9)4-8(10)6-11/h7-8,11H,4-6H2,1H3/t7-,8+/m0/s1. The molecule has 0 aromatic heterocycles. The number of aliphatic hydroxyl groups excluding tert-OH is 1. The van der Waals surface area contributed by atoms with E-state index in [0.717, 1.165) is 13.0 Å². The van der Waals surface area contributed by atoms with Gasteiger partial charge in [-0.05, 0) is 18.3 Å². The first-order chi connectivity index (χ1) is 5.27. The number of likely N-dealkylation sites (tertiary alicyclic amines) is 1. The molecule has 0 aromatic carbocycles. The molecule has 0 spiro atoms. The predicted octanol–water partition coefficient (Wildman–Crippen LogP) is 0.655. The lowest BCUT2D eigenvalue weighted by atomic mass is 10.1. The van der Waals surface area contributed by atoms with E-state index in [1.54, 1.807) is 0 Å². The van der Waals surface area contributed by atoms with Crippen LogP contribution in [0.2, 0.25) is 0 Å². The van der Waals surface area contributed by atoms with Crippen LogP contribution < -0.4 is 0 Å². The summed E-state index contributed by atoms with van der Waals surface area (Å²) < 4.78 is 0. The van der Waals surface area contributed by atoms with Crippen molar-refractivity contribution in [2.45, 2.75) is 12.5 Å². The Morgan fingerprint density at radius 3 is 2.91 bits per heavy atom. The highest BCUT2D eigenvalue weighted by Crippen LogP contribution is 2.20. The van der Waals surface area contributed by atoms with Gasteiger partial charge in [0.2, 0.25) is 0 Å². The molecule has 1 saturated heterocycles. The molecule has 2 atom stereocenters. The van der Waals surface area contributed by atoms with E-state index in [1.165, 1.54) is 0 Å². The molecule has 0 saturated carbocycles. The lowest BCUT2D eigenvalue weighted by Crippen LogP contribution is -2.27. The lowest BCUT2D eigenvalue weighted by Gasteiger charge is -2.14. The molecule has 2 nitrogen and oxygen atoms in total. The van der Waals surface area contributed by atoms with Crippen LogP contribution in [-0.2, 0) is 0 Å². The molecule has 1 aliphatic rings. The fraction of sp³-hybridized carbons (Fsp3) is 0.750. The third-order valence-corrected chi connectivity index (χ3v) is 2.39. The van der Waals surface area contributed by atoms with E-state index in [2.05, 4.69) is 31.6 Å². The second kappa shape index (κ2) is 4.10. The molecule has 11 heavy (non-hydrogen) atoms. The summed E-state index contributed by atoms with van der Waals surface area (Å²) in [6.07, 6.45) is 0.992. The largest absolute Gasteiger partial charge is 0.395 e. The summed E-state index contributed by atoms with van der Waals surface area (Å²) in [5, 5.41) is 8.92. The van der Waals surface area contributed by atoms with E-state index in [4.69, 9.17) is 5.11 Å². The van der Waals surface area contributed by atoms with Crippen molar-refractivity contribution in [3.05, 3.63) is 0 Å². The Balaban J connectivity index is 2.47. The van der Waals surface area contributed by atoms with Crippen LogP contribution in [0.3, 0.4) is 0 Å². The maximum absolute atomic E-state index is 8.92. The Labute approximate surface area is 75.7 Å². The summed E-state index contributed by atoms with van der Waals surface area (Å²) >= 11 is 3.08. The summed E-state index contributed by atoms with van der Waals surface area (Å²) in [6, 6.07) is 0.313. The average molecular weight is 218 g/mol. The van der Waals surface area contributed by atoms with Crippen molar-refractivity contribution < 1.29 is 5.11 Å². The summed E-state index contributed by atoms with van der Waals surface area (Å²) in [4.78, 5) is 4.88. The van der Waals surface area contributed by atoms with Gasteiger partial charge in [0.1, 0.15) is 0 Å². The zero-order chi connectivity index (χ0) is 8.27. The van der Waals surface area contributed by atoms with E-state index in [1.807, 2.05) is 7.05 Å². The average Bonchev–Trinajstić information content (AvgIpc) is 2.32. The summed E-state index contributed by atoms with van der Waals surface area (Å²) in [5.74, 6) is 3.48. The van der Waals surface area contributed by atoms with Crippen LogP contribution in [-0.4, -0.2) is 36.2 Å². The Hall–Kier alpha value is -0.0400. The van der Waals surface area contributed by atoms with Gasteiger partial charge in [-0.3, -0.25) is 4.90 Å². The van der Waals surface area contributed by atoms with Gasteiger partial charge in [0.25, 0.3) is 0 Å². The smallest absolute Gasteiger partial charge is 0.0587 e. The number of nitrogens with zero attached hydrogens (tertiary/aromatic N) is 1. The first-order valence-corrected chi connectivity index (χ1v) is 4.49. The van der Waals surface area contributed by atoms with Gasteiger partial charge in [0.15, 0.2) is 0 Å². The minimum Gasteiger partial charge on any atom is -0.395 e. The van der Waals surface area contributed by atoms with Crippen molar-refractivity contribution in [1.82, 2.24) is 4.90 Å². The number of hydrogen-bond donors (Lipinski definition) is 1. The minimum absolute atomic E-state index is 0.247. The van der Waals surface area contributed by atoms with Crippen LogP contribution in [0, 0.1) is 16.7 Å². The SMILES string of the molecule is CN1C[C@@H](C#CBr)C[C@@H]1CO. The maximum Gasteiger partial charge on any atom is 0.0587 e. The van der Waals surface area contributed by atoms with Crippen LogP contribution in [0.1, 0.15) is 6.42 Å². The molecule has 3 heteroatoms. The monoisotopic (exact) mass is 217 g/mol. The van der Waals surface area contributed by atoms with Gasteiger partial charge in [-0.15, -0.1) is 0 Å². The Morgan fingerprint density at radius 2 is 2.45 bits per heavy atom. The summed E-state index contributed by atoms with van der Waals surface area (Å²) in [5.41, 5.74) is 0. The van der Waals surface area contributed by atoms with Gasteiger partial charge in [-0.1, -0.05) is 5.92 Å². The number of aliphatic hydroxyl groups is 1. The number of hydrogen-bond acceptors (Lipinski definition) is 2.